The summed E-state index contributed by atoms with van der Waals surface area (Å²) in [6.45, 7) is 4.46. The number of benzene rings is 2. The van der Waals surface area contributed by atoms with Crippen LogP contribution >= 0.6 is 11.6 Å². The molecule has 0 aromatic heterocycles. The molecule has 0 radical (unpaired) electrons. The second-order valence-electron chi connectivity index (χ2n) is 5.96. The summed E-state index contributed by atoms with van der Waals surface area (Å²) >= 11 is 5.92. The Labute approximate surface area is 141 Å². The van der Waals surface area contributed by atoms with Crippen LogP contribution < -0.4 is 15.1 Å². The van der Waals surface area contributed by atoms with Crippen molar-refractivity contribution in [1.29, 1.82) is 0 Å². The number of likely N-dealkylation sites (N-methyl/N-ethyl adjacent to an activating group) is 1. The fourth-order valence-corrected chi connectivity index (χ4v) is 2.93. The Kier molecular flexibility index (Phi) is 4.84. The summed E-state index contributed by atoms with van der Waals surface area (Å²) in [6.07, 6.45) is 0. The second-order valence-corrected chi connectivity index (χ2v) is 6.39. The number of carbonyl (C=O) groups is 1. The van der Waals surface area contributed by atoms with Crippen molar-refractivity contribution in [3.63, 3.8) is 0 Å². The molecule has 1 saturated heterocycles. The zero-order valence-corrected chi connectivity index (χ0v) is 13.9. The van der Waals surface area contributed by atoms with Gasteiger partial charge in [0.05, 0.1) is 33.2 Å². The van der Waals surface area contributed by atoms with E-state index in [0.717, 1.165) is 31.9 Å². The van der Waals surface area contributed by atoms with Gasteiger partial charge in [0, 0.05) is 22.0 Å². The van der Waals surface area contributed by atoms with Crippen molar-refractivity contribution in [1.82, 2.24) is 0 Å². The Hall–Kier alpha value is -2.04. The molecule has 1 fully saturated rings. The highest BCUT2D eigenvalue weighted by atomic mass is 35.5. The van der Waals surface area contributed by atoms with Crippen molar-refractivity contribution in [2.45, 2.75) is 0 Å². The lowest BCUT2D eigenvalue weighted by atomic mass is 10.2. The summed E-state index contributed by atoms with van der Waals surface area (Å²) in [5.41, 5.74) is 2.56. The van der Waals surface area contributed by atoms with Gasteiger partial charge in [-0.1, -0.05) is 17.7 Å². The molecule has 2 aromatic carbocycles. The van der Waals surface area contributed by atoms with Gasteiger partial charge in [-0.3, -0.25) is 4.79 Å². The van der Waals surface area contributed by atoms with Gasteiger partial charge in [0.25, 0.3) is 5.91 Å². The monoisotopic (exact) mass is 330 g/mol. The maximum Gasteiger partial charge on any atom is 0.255 e. The maximum atomic E-state index is 12.2. The molecule has 1 heterocycles. The van der Waals surface area contributed by atoms with Crippen molar-refractivity contribution < 1.29 is 9.69 Å². The van der Waals surface area contributed by atoms with Crippen LogP contribution in [0.4, 0.5) is 11.4 Å². The topological polar surface area (TPSA) is 36.8 Å². The number of nitrogens with one attached hydrogen (secondary N) is 2. The zero-order chi connectivity index (χ0) is 16.2. The molecule has 0 unspecified atom stereocenters. The third-order valence-corrected chi connectivity index (χ3v) is 4.43. The number of amides is 1. The summed E-state index contributed by atoms with van der Waals surface area (Å²) < 4.78 is 0. The summed E-state index contributed by atoms with van der Waals surface area (Å²) in [7, 11) is 2.23. The van der Waals surface area contributed by atoms with Crippen molar-refractivity contribution in [2.24, 2.45) is 0 Å². The van der Waals surface area contributed by atoms with Gasteiger partial charge in [-0.2, -0.15) is 0 Å². The number of rotatable bonds is 3. The molecule has 5 heteroatoms. The summed E-state index contributed by atoms with van der Waals surface area (Å²) in [4.78, 5) is 16.2. The maximum absolute atomic E-state index is 12.2. The summed E-state index contributed by atoms with van der Waals surface area (Å²) in [5, 5.41) is 3.46. The minimum atomic E-state index is -0.150. The van der Waals surface area contributed by atoms with Crippen LogP contribution in [-0.2, 0) is 0 Å². The van der Waals surface area contributed by atoms with Gasteiger partial charge in [0.15, 0.2) is 0 Å². The normalized spacial score (nSPS) is 15.5. The number of anilines is 2. The number of piperazine rings is 1. The van der Waals surface area contributed by atoms with E-state index in [1.807, 2.05) is 12.1 Å². The Morgan fingerprint density at radius 1 is 1.13 bits per heavy atom. The van der Waals surface area contributed by atoms with Gasteiger partial charge < -0.3 is 15.1 Å². The lowest BCUT2D eigenvalue weighted by Crippen LogP contribution is -3.12. The fraction of sp³-hybridized carbons (Fsp3) is 0.278. The van der Waals surface area contributed by atoms with Crippen molar-refractivity contribution >= 4 is 28.9 Å². The average Bonchev–Trinajstić information content (AvgIpc) is 2.56. The molecule has 4 nitrogen and oxygen atoms in total. The molecule has 0 atom stereocenters. The third-order valence-electron chi connectivity index (χ3n) is 4.19. The Morgan fingerprint density at radius 2 is 1.83 bits per heavy atom. The van der Waals surface area contributed by atoms with Gasteiger partial charge in [-0.25, -0.2) is 0 Å². The van der Waals surface area contributed by atoms with E-state index in [2.05, 4.69) is 29.4 Å². The Morgan fingerprint density at radius 3 is 2.48 bits per heavy atom. The highest BCUT2D eigenvalue weighted by molar-refractivity contribution is 6.31. The van der Waals surface area contributed by atoms with Crippen LogP contribution in [0.15, 0.2) is 48.5 Å². The molecular formula is C18H21ClN3O+. The highest BCUT2D eigenvalue weighted by Gasteiger charge is 2.16. The minimum absolute atomic E-state index is 0.150. The zero-order valence-electron chi connectivity index (χ0n) is 13.2. The molecular weight excluding hydrogens is 310 g/mol. The van der Waals surface area contributed by atoms with E-state index < -0.39 is 0 Å². The highest BCUT2D eigenvalue weighted by Crippen LogP contribution is 2.19. The smallest absolute Gasteiger partial charge is 0.255 e. The Balaban J connectivity index is 1.64. The molecule has 1 aliphatic heterocycles. The first-order chi connectivity index (χ1) is 11.1. The second kappa shape index (κ2) is 7.02. The number of nitrogens with zero attached hydrogens (tertiary/aromatic N) is 1. The van der Waals surface area contributed by atoms with E-state index in [9.17, 15) is 4.79 Å². The lowest BCUT2D eigenvalue weighted by Gasteiger charge is -2.31. The van der Waals surface area contributed by atoms with Crippen LogP contribution in [-0.4, -0.2) is 39.1 Å². The fourth-order valence-electron chi connectivity index (χ4n) is 2.74. The first kappa shape index (κ1) is 15.8. The molecule has 0 aliphatic carbocycles. The predicted molar refractivity (Wildman–Crippen MR) is 94.7 cm³/mol. The molecule has 1 amide bonds. The molecule has 1 aliphatic rings. The van der Waals surface area contributed by atoms with Crippen LogP contribution in [0.25, 0.3) is 0 Å². The van der Waals surface area contributed by atoms with Crippen LogP contribution in [0, 0.1) is 0 Å². The average molecular weight is 331 g/mol. The standard InChI is InChI=1S/C18H20ClN3O/c1-21-9-11-22(12-10-21)17-7-5-16(6-8-17)20-18(23)14-3-2-4-15(19)13-14/h2-8,13H,9-12H2,1H3,(H,20,23)/p+1. The van der Waals surface area contributed by atoms with Gasteiger partial charge >= 0.3 is 0 Å². The largest absolute Gasteiger partial charge is 0.360 e. The minimum Gasteiger partial charge on any atom is -0.360 e. The van der Waals surface area contributed by atoms with E-state index in [1.165, 1.54) is 5.69 Å². The van der Waals surface area contributed by atoms with E-state index >= 15 is 0 Å². The van der Waals surface area contributed by atoms with Crippen molar-refractivity contribution in [3.05, 3.63) is 59.1 Å². The van der Waals surface area contributed by atoms with Crippen molar-refractivity contribution in [2.75, 3.05) is 43.4 Å². The molecule has 2 N–H and O–H groups in total. The molecule has 120 valence electrons. The molecule has 0 saturated carbocycles. The quantitative estimate of drug-likeness (QED) is 0.902. The lowest BCUT2D eigenvalue weighted by molar-refractivity contribution is -0.880. The predicted octanol–water partition coefficient (Wildman–Crippen LogP) is 1.93. The van der Waals surface area contributed by atoms with Crippen LogP contribution in [0.5, 0.6) is 0 Å². The van der Waals surface area contributed by atoms with Gasteiger partial charge in [-0.15, -0.1) is 0 Å². The van der Waals surface area contributed by atoms with Crippen LogP contribution in [0.3, 0.4) is 0 Å². The first-order valence-corrected chi connectivity index (χ1v) is 8.23. The molecule has 3 rings (SSSR count). The summed E-state index contributed by atoms with van der Waals surface area (Å²) in [6, 6.07) is 15.0. The SMILES string of the molecule is C[NH+]1CCN(c2ccc(NC(=O)c3cccc(Cl)c3)cc2)CC1. The molecule has 0 spiro atoms. The van der Waals surface area contributed by atoms with E-state index in [0.29, 0.717) is 10.6 Å². The summed E-state index contributed by atoms with van der Waals surface area (Å²) in [5.74, 6) is -0.150. The number of halogens is 1. The van der Waals surface area contributed by atoms with Gasteiger partial charge in [0.1, 0.15) is 0 Å². The number of hydrogen-bond acceptors (Lipinski definition) is 2. The van der Waals surface area contributed by atoms with E-state index in [-0.39, 0.29) is 5.91 Å². The van der Waals surface area contributed by atoms with E-state index in [1.54, 1.807) is 29.2 Å². The molecule has 0 bridgehead atoms. The van der Waals surface area contributed by atoms with Crippen LogP contribution in [0.1, 0.15) is 10.4 Å². The van der Waals surface area contributed by atoms with Gasteiger partial charge in [0.2, 0.25) is 0 Å². The third kappa shape index (κ3) is 4.03. The number of hydrogen-bond donors (Lipinski definition) is 2. The molecule has 23 heavy (non-hydrogen) atoms. The number of carbonyl (C=O) groups excluding carboxylic acids is 1. The van der Waals surface area contributed by atoms with Crippen molar-refractivity contribution in [3.8, 4) is 0 Å². The number of quaternary nitrogens is 1. The first-order valence-electron chi connectivity index (χ1n) is 7.85. The van der Waals surface area contributed by atoms with Gasteiger partial charge in [-0.05, 0) is 42.5 Å². The Bertz CT molecular complexity index is 679. The molecule has 2 aromatic rings. The van der Waals surface area contributed by atoms with Crippen LogP contribution in [0.2, 0.25) is 5.02 Å². The van der Waals surface area contributed by atoms with E-state index in [4.69, 9.17) is 11.6 Å².